The molecule has 0 saturated heterocycles. The van der Waals surface area contributed by atoms with Gasteiger partial charge in [0, 0.05) is 32.7 Å². The molecule has 1 atom stereocenters. The van der Waals surface area contributed by atoms with Crippen molar-refractivity contribution >= 4 is 0 Å². The van der Waals surface area contributed by atoms with Crippen LogP contribution in [0.2, 0.25) is 0 Å². The molecule has 1 aromatic carbocycles. The molecular formula is C32H61N3. The summed E-state index contributed by atoms with van der Waals surface area (Å²) in [6, 6.07) is 9.25. The molecule has 1 rings (SSSR count). The lowest BCUT2D eigenvalue weighted by atomic mass is 9.94. The van der Waals surface area contributed by atoms with Gasteiger partial charge in [-0.15, -0.1) is 0 Å². The van der Waals surface area contributed by atoms with E-state index in [4.69, 9.17) is 0 Å². The number of rotatable bonds is 24. The number of likely N-dealkylation sites (N-methyl/N-ethyl adjacent to an activating group) is 2. The molecule has 1 N–H and O–H groups in total. The Morgan fingerprint density at radius 2 is 1.17 bits per heavy atom. The van der Waals surface area contributed by atoms with Gasteiger partial charge in [0.05, 0.1) is 0 Å². The predicted octanol–water partition coefficient (Wildman–Crippen LogP) is 8.28. The van der Waals surface area contributed by atoms with Gasteiger partial charge in [0.15, 0.2) is 0 Å². The summed E-state index contributed by atoms with van der Waals surface area (Å²) >= 11 is 0. The third-order valence-electron chi connectivity index (χ3n) is 7.38. The minimum atomic E-state index is 0.879. The molecule has 0 radical (unpaired) electrons. The first-order valence-corrected chi connectivity index (χ1v) is 15.2. The van der Waals surface area contributed by atoms with Crippen molar-refractivity contribution in [3.63, 3.8) is 0 Å². The van der Waals surface area contributed by atoms with E-state index in [1.54, 1.807) is 0 Å². The van der Waals surface area contributed by atoms with Crippen LogP contribution in [0.25, 0.3) is 0 Å². The van der Waals surface area contributed by atoms with Crippen molar-refractivity contribution in [1.29, 1.82) is 0 Å². The van der Waals surface area contributed by atoms with Crippen molar-refractivity contribution in [3.8, 4) is 0 Å². The minimum absolute atomic E-state index is 0.879. The standard InChI is InChI=1S/C32H61N3/c1-6-9-12-14-15-17-24-33-27-30-20-22-32(23-21-30)29-35(5)26-25-34(4)28-31(18-11-8-3)19-16-13-10-7-2/h20-23,31,33H,6-19,24-29H2,1-5H3. The molecule has 3 nitrogen and oxygen atoms in total. The van der Waals surface area contributed by atoms with Crippen molar-refractivity contribution in [2.45, 2.75) is 124 Å². The molecule has 3 heteroatoms. The Morgan fingerprint density at radius 3 is 1.86 bits per heavy atom. The molecule has 35 heavy (non-hydrogen) atoms. The number of nitrogens with zero attached hydrogens (tertiary/aromatic N) is 2. The summed E-state index contributed by atoms with van der Waals surface area (Å²) < 4.78 is 0. The summed E-state index contributed by atoms with van der Waals surface area (Å²) in [5.41, 5.74) is 2.82. The Kier molecular flexibility index (Phi) is 20.5. The Hall–Kier alpha value is -0.900. The van der Waals surface area contributed by atoms with Crippen LogP contribution in [0, 0.1) is 5.92 Å². The quantitative estimate of drug-likeness (QED) is 0.148. The maximum Gasteiger partial charge on any atom is 0.0231 e. The van der Waals surface area contributed by atoms with E-state index in [9.17, 15) is 0 Å². The SMILES string of the molecule is CCCCCCCCNCc1ccc(CN(C)CCN(C)CC(CCCC)CCCCCC)cc1. The topological polar surface area (TPSA) is 18.5 Å². The molecule has 0 amide bonds. The molecular weight excluding hydrogens is 426 g/mol. The molecule has 0 spiro atoms. The lowest BCUT2D eigenvalue weighted by Crippen LogP contribution is -2.33. The number of unbranched alkanes of at least 4 members (excludes halogenated alkanes) is 9. The van der Waals surface area contributed by atoms with Gasteiger partial charge in [-0.05, 0) is 56.9 Å². The minimum Gasteiger partial charge on any atom is -0.313 e. The second-order valence-corrected chi connectivity index (χ2v) is 11.1. The fraction of sp³-hybridized carbons (Fsp3) is 0.812. The van der Waals surface area contributed by atoms with Crippen LogP contribution in [0.15, 0.2) is 24.3 Å². The maximum atomic E-state index is 3.62. The second-order valence-electron chi connectivity index (χ2n) is 11.1. The molecule has 0 aliphatic rings. The molecule has 1 unspecified atom stereocenters. The first-order chi connectivity index (χ1) is 17.1. The van der Waals surface area contributed by atoms with E-state index >= 15 is 0 Å². The van der Waals surface area contributed by atoms with Crippen molar-refractivity contribution in [3.05, 3.63) is 35.4 Å². The highest BCUT2D eigenvalue weighted by atomic mass is 15.2. The molecule has 0 fully saturated rings. The largest absolute Gasteiger partial charge is 0.313 e. The fourth-order valence-electron chi connectivity index (χ4n) is 4.97. The molecule has 0 aliphatic heterocycles. The summed E-state index contributed by atoms with van der Waals surface area (Å²) in [5, 5.41) is 3.62. The molecule has 0 heterocycles. The van der Waals surface area contributed by atoms with Crippen LogP contribution in [0.4, 0.5) is 0 Å². The molecule has 0 saturated carbocycles. The molecule has 1 aromatic rings. The molecule has 0 aliphatic carbocycles. The van der Waals surface area contributed by atoms with Gasteiger partial charge < -0.3 is 15.1 Å². The third kappa shape index (κ3) is 18.1. The van der Waals surface area contributed by atoms with Gasteiger partial charge in [0.25, 0.3) is 0 Å². The smallest absolute Gasteiger partial charge is 0.0231 e. The predicted molar refractivity (Wildman–Crippen MR) is 157 cm³/mol. The maximum absolute atomic E-state index is 3.62. The van der Waals surface area contributed by atoms with E-state index in [-0.39, 0.29) is 0 Å². The number of hydrogen-bond acceptors (Lipinski definition) is 3. The monoisotopic (exact) mass is 487 g/mol. The summed E-state index contributed by atoms with van der Waals surface area (Å²) in [7, 11) is 4.59. The molecule has 0 bridgehead atoms. The molecule has 204 valence electrons. The first-order valence-electron chi connectivity index (χ1n) is 15.2. The average molecular weight is 488 g/mol. The van der Waals surface area contributed by atoms with Gasteiger partial charge in [-0.3, -0.25) is 0 Å². The Labute approximate surface area is 220 Å². The van der Waals surface area contributed by atoms with Crippen molar-refractivity contribution in [2.75, 3.05) is 40.3 Å². The lowest BCUT2D eigenvalue weighted by molar-refractivity contribution is 0.214. The van der Waals surface area contributed by atoms with E-state index < -0.39 is 0 Å². The zero-order valence-electron chi connectivity index (χ0n) is 24.4. The van der Waals surface area contributed by atoms with E-state index in [1.807, 2.05) is 0 Å². The van der Waals surface area contributed by atoms with Crippen LogP contribution in [-0.2, 0) is 13.1 Å². The van der Waals surface area contributed by atoms with Gasteiger partial charge in [-0.25, -0.2) is 0 Å². The average Bonchev–Trinajstić information content (AvgIpc) is 2.86. The van der Waals surface area contributed by atoms with Crippen LogP contribution in [0.5, 0.6) is 0 Å². The van der Waals surface area contributed by atoms with Crippen LogP contribution in [0.3, 0.4) is 0 Å². The van der Waals surface area contributed by atoms with Gasteiger partial charge in [0.2, 0.25) is 0 Å². The highest BCUT2D eigenvalue weighted by molar-refractivity contribution is 5.22. The van der Waals surface area contributed by atoms with Crippen molar-refractivity contribution < 1.29 is 0 Å². The van der Waals surface area contributed by atoms with Crippen molar-refractivity contribution in [1.82, 2.24) is 15.1 Å². The van der Waals surface area contributed by atoms with Gasteiger partial charge >= 0.3 is 0 Å². The van der Waals surface area contributed by atoms with Crippen LogP contribution < -0.4 is 5.32 Å². The van der Waals surface area contributed by atoms with Crippen LogP contribution in [0.1, 0.15) is 122 Å². The normalized spacial score (nSPS) is 12.7. The Morgan fingerprint density at radius 1 is 0.629 bits per heavy atom. The van der Waals surface area contributed by atoms with Crippen LogP contribution in [-0.4, -0.2) is 50.1 Å². The van der Waals surface area contributed by atoms with E-state index in [0.717, 1.165) is 38.6 Å². The third-order valence-corrected chi connectivity index (χ3v) is 7.38. The second kappa shape index (κ2) is 22.3. The van der Waals surface area contributed by atoms with Crippen LogP contribution >= 0.6 is 0 Å². The highest BCUT2D eigenvalue weighted by Crippen LogP contribution is 2.18. The summed E-state index contributed by atoms with van der Waals surface area (Å²) in [5.74, 6) is 0.879. The van der Waals surface area contributed by atoms with Gasteiger partial charge in [-0.1, -0.05) is 116 Å². The Bertz CT molecular complexity index is 571. The van der Waals surface area contributed by atoms with Crippen molar-refractivity contribution in [2.24, 2.45) is 5.92 Å². The van der Waals surface area contributed by atoms with E-state index in [0.29, 0.717) is 0 Å². The van der Waals surface area contributed by atoms with E-state index in [2.05, 4.69) is 74.2 Å². The molecule has 0 aromatic heterocycles. The summed E-state index contributed by atoms with van der Waals surface area (Å²) in [6.45, 7) is 13.6. The zero-order valence-corrected chi connectivity index (χ0v) is 24.4. The first kappa shape index (κ1) is 32.1. The number of hydrogen-bond donors (Lipinski definition) is 1. The summed E-state index contributed by atoms with van der Waals surface area (Å²) in [6.07, 6.45) is 19.3. The fourth-order valence-corrected chi connectivity index (χ4v) is 4.97. The van der Waals surface area contributed by atoms with Gasteiger partial charge in [-0.2, -0.15) is 0 Å². The lowest BCUT2D eigenvalue weighted by Gasteiger charge is -2.26. The number of benzene rings is 1. The van der Waals surface area contributed by atoms with E-state index in [1.165, 1.54) is 108 Å². The zero-order chi connectivity index (χ0) is 25.6. The van der Waals surface area contributed by atoms with Gasteiger partial charge in [0.1, 0.15) is 0 Å². The summed E-state index contributed by atoms with van der Waals surface area (Å²) in [4.78, 5) is 5.06. The Balaban J connectivity index is 2.24. The highest BCUT2D eigenvalue weighted by Gasteiger charge is 2.12. The number of nitrogens with one attached hydrogen (secondary N) is 1.